The van der Waals surface area contributed by atoms with Crippen molar-refractivity contribution in [3.63, 3.8) is 0 Å². The maximum Gasteiger partial charge on any atom is 0.306 e. The van der Waals surface area contributed by atoms with E-state index in [0.29, 0.717) is 29.5 Å². The molecule has 8 heteroatoms. The number of rotatable bonds is 5. The molecule has 0 aromatic heterocycles. The van der Waals surface area contributed by atoms with Gasteiger partial charge in [0.2, 0.25) is 0 Å². The highest BCUT2D eigenvalue weighted by molar-refractivity contribution is 9.10. The number of fused-ring (bicyclic) bond motifs is 1. The maximum atomic E-state index is 12.6. The number of nitrogens with one attached hydrogen (secondary N) is 1. The van der Waals surface area contributed by atoms with Gasteiger partial charge in [0, 0.05) is 17.1 Å². The van der Waals surface area contributed by atoms with Crippen molar-refractivity contribution in [1.82, 2.24) is 4.90 Å². The van der Waals surface area contributed by atoms with Crippen LogP contribution < -0.4 is 5.32 Å². The standard InChI is InChI=1S/C23H25BrN2O5/c1-26-20(29)16-3-2-15(5-17(16)21(26)30)25-18(27)11-31-19(28)10-22-6-13-4-14(7-22)9-23(24,8-13)12-22/h2-3,5,13-14H,4,6-12H2,1H3,(H,25,27). The SMILES string of the molecule is CN1C(=O)c2ccc(NC(=O)COC(=O)CC34CC5CC(CC(Br)(C5)C3)C4)cc2C1=O. The van der Waals surface area contributed by atoms with Crippen LogP contribution in [0.25, 0.3) is 0 Å². The molecule has 1 aromatic rings. The number of alkyl halides is 1. The van der Waals surface area contributed by atoms with Crippen molar-refractivity contribution in [3.05, 3.63) is 29.3 Å². The van der Waals surface area contributed by atoms with E-state index < -0.39 is 11.8 Å². The molecule has 1 aliphatic heterocycles. The fourth-order valence-corrected chi connectivity index (χ4v) is 8.19. The highest BCUT2D eigenvalue weighted by atomic mass is 79.9. The minimum atomic E-state index is -0.471. The zero-order valence-electron chi connectivity index (χ0n) is 17.4. The zero-order valence-corrected chi connectivity index (χ0v) is 19.0. The Morgan fingerprint density at radius 2 is 1.81 bits per heavy atom. The normalized spacial score (nSPS) is 32.9. The number of amides is 3. The largest absolute Gasteiger partial charge is 0.456 e. The number of hydrogen-bond acceptors (Lipinski definition) is 5. The van der Waals surface area contributed by atoms with E-state index in [0.717, 1.165) is 24.2 Å². The Bertz CT molecular complexity index is 992. The Balaban J connectivity index is 1.16. The molecular weight excluding hydrogens is 464 g/mol. The average molecular weight is 489 g/mol. The molecular formula is C23H25BrN2O5. The molecule has 164 valence electrons. The third-order valence-corrected chi connectivity index (χ3v) is 8.30. The summed E-state index contributed by atoms with van der Waals surface area (Å²) in [7, 11) is 1.42. The van der Waals surface area contributed by atoms with Gasteiger partial charge >= 0.3 is 5.97 Å². The fraction of sp³-hybridized carbons (Fsp3) is 0.565. The second kappa shape index (κ2) is 7.15. The third kappa shape index (κ3) is 3.69. The van der Waals surface area contributed by atoms with Crippen LogP contribution in [0.1, 0.15) is 65.7 Å². The summed E-state index contributed by atoms with van der Waals surface area (Å²) >= 11 is 3.95. The monoisotopic (exact) mass is 488 g/mol. The summed E-state index contributed by atoms with van der Waals surface area (Å²) in [5.74, 6) is -0.190. The van der Waals surface area contributed by atoms with Gasteiger partial charge < -0.3 is 10.1 Å². The van der Waals surface area contributed by atoms with Crippen molar-refractivity contribution in [2.75, 3.05) is 19.0 Å². The molecule has 5 aliphatic rings. The van der Waals surface area contributed by atoms with Crippen molar-refractivity contribution in [3.8, 4) is 0 Å². The molecule has 1 N–H and O–H groups in total. The molecule has 1 aromatic carbocycles. The molecule has 6 rings (SSSR count). The quantitative estimate of drug-likeness (QED) is 0.388. The summed E-state index contributed by atoms with van der Waals surface area (Å²) in [5.41, 5.74) is 0.962. The molecule has 3 amide bonds. The van der Waals surface area contributed by atoms with Gasteiger partial charge in [-0.2, -0.15) is 0 Å². The number of nitrogens with zero attached hydrogens (tertiary/aromatic N) is 1. The fourth-order valence-electron chi connectivity index (χ4n) is 6.68. The summed E-state index contributed by atoms with van der Waals surface area (Å²) < 4.78 is 5.48. The number of ether oxygens (including phenoxy) is 1. The topological polar surface area (TPSA) is 92.8 Å². The van der Waals surface area contributed by atoms with Crippen LogP contribution in [0.2, 0.25) is 0 Å². The van der Waals surface area contributed by atoms with E-state index in [-0.39, 0.29) is 33.8 Å². The number of carbonyl (C=O) groups excluding carboxylic acids is 4. The lowest BCUT2D eigenvalue weighted by Crippen LogP contribution is -2.53. The van der Waals surface area contributed by atoms with Crippen LogP contribution in [0.3, 0.4) is 0 Å². The van der Waals surface area contributed by atoms with Crippen molar-refractivity contribution >= 4 is 45.3 Å². The number of hydrogen-bond donors (Lipinski definition) is 1. The molecule has 0 radical (unpaired) electrons. The first-order valence-corrected chi connectivity index (χ1v) is 11.6. The van der Waals surface area contributed by atoms with Crippen molar-refractivity contribution in [2.24, 2.45) is 17.3 Å². The molecule has 2 unspecified atom stereocenters. The number of imide groups is 1. The molecule has 4 bridgehead atoms. The highest BCUT2D eigenvalue weighted by Gasteiger charge is 2.57. The van der Waals surface area contributed by atoms with Crippen LogP contribution in [0.5, 0.6) is 0 Å². The van der Waals surface area contributed by atoms with E-state index in [9.17, 15) is 19.2 Å². The zero-order chi connectivity index (χ0) is 22.0. The average Bonchev–Trinajstić information content (AvgIpc) is 2.88. The van der Waals surface area contributed by atoms with E-state index in [1.54, 1.807) is 6.07 Å². The predicted molar refractivity (Wildman–Crippen MR) is 116 cm³/mol. The van der Waals surface area contributed by atoms with Crippen molar-refractivity contribution in [1.29, 1.82) is 0 Å². The summed E-state index contributed by atoms with van der Waals surface area (Å²) in [4.78, 5) is 49.9. The summed E-state index contributed by atoms with van der Waals surface area (Å²) in [6.45, 7) is -0.370. The van der Waals surface area contributed by atoms with Crippen LogP contribution >= 0.6 is 15.9 Å². The summed E-state index contributed by atoms with van der Waals surface area (Å²) in [6, 6.07) is 4.56. The lowest BCUT2D eigenvalue weighted by molar-refractivity contribution is -0.153. The molecule has 2 atom stereocenters. The minimum absolute atomic E-state index is 0.0000524. The van der Waals surface area contributed by atoms with E-state index in [1.807, 2.05) is 0 Å². The van der Waals surface area contributed by atoms with Gasteiger partial charge in [-0.3, -0.25) is 24.1 Å². The summed E-state index contributed by atoms with van der Waals surface area (Å²) in [6.07, 6.45) is 7.20. The van der Waals surface area contributed by atoms with E-state index in [2.05, 4.69) is 21.2 Å². The molecule has 1 heterocycles. The van der Waals surface area contributed by atoms with Gasteiger partial charge in [0.25, 0.3) is 17.7 Å². The van der Waals surface area contributed by atoms with Crippen LogP contribution in [-0.4, -0.2) is 46.6 Å². The van der Waals surface area contributed by atoms with Gasteiger partial charge in [-0.05, 0) is 74.0 Å². The number of carbonyl (C=O) groups is 4. The maximum absolute atomic E-state index is 12.6. The highest BCUT2D eigenvalue weighted by Crippen LogP contribution is 2.65. The Morgan fingerprint density at radius 3 is 2.48 bits per heavy atom. The molecule has 31 heavy (non-hydrogen) atoms. The van der Waals surface area contributed by atoms with E-state index in [1.165, 1.54) is 38.4 Å². The number of esters is 1. The van der Waals surface area contributed by atoms with E-state index in [4.69, 9.17) is 4.74 Å². The Morgan fingerprint density at radius 1 is 1.13 bits per heavy atom. The second-order valence-electron chi connectivity index (χ2n) is 9.93. The number of benzene rings is 1. The molecule has 0 saturated heterocycles. The van der Waals surface area contributed by atoms with Gasteiger partial charge in [-0.1, -0.05) is 15.9 Å². The lowest BCUT2D eigenvalue weighted by atomic mass is 9.49. The third-order valence-electron chi connectivity index (χ3n) is 7.37. The first-order valence-electron chi connectivity index (χ1n) is 10.8. The smallest absolute Gasteiger partial charge is 0.306 e. The minimum Gasteiger partial charge on any atom is -0.456 e. The number of anilines is 1. The Hall–Kier alpha value is -2.22. The molecule has 0 spiro atoms. The van der Waals surface area contributed by atoms with Crippen LogP contribution in [0, 0.1) is 17.3 Å². The molecule has 4 fully saturated rings. The van der Waals surface area contributed by atoms with Crippen molar-refractivity contribution < 1.29 is 23.9 Å². The second-order valence-corrected chi connectivity index (χ2v) is 11.6. The van der Waals surface area contributed by atoms with Gasteiger partial charge in [-0.25, -0.2) is 0 Å². The van der Waals surface area contributed by atoms with Gasteiger partial charge in [0.1, 0.15) is 0 Å². The van der Waals surface area contributed by atoms with E-state index >= 15 is 0 Å². The molecule has 4 aliphatic carbocycles. The predicted octanol–water partition coefficient (Wildman–Crippen LogP) is 3.52. The summed E-state index contributed by atoms with van der Waals surface area (Å²) in [5, 5.41) is 2.64. The van der Waals surface area contributed by atoms with Crippen LogP contribution in [0.15, 0.2) is 18.2 Å². The molecule has 7 nitrogen and oxygen atoms in total. The first kappa shape index (κ1) is 20.7. The van der Waals surface area contributed by atoms with Gasteiger partial charge in [0.05, 0.1) is 17.5 Å². The lowest BCUT2D eigenvalue weighted by Gasteiger charge is -2.60. The Labute approximate surface area is 189 Å². The Kier molecular flexibility index (Phi) is 4.77. The van der Waals surface area contributed by atoms with Crippen LogP contribution in [0.4, 0.5) is 5.69 Å². The van der Waals surface area contributed by atoms with Gasteiger partial charge in [-0.15, -0.1) is 0 Å². The molecule has 4 saturated carbocycles. The van der Waals surface area contributed by atoms with Crippen molar-refractivity contribution in [2.45, 2.75) is 49.3 Å². The van der Waals surface area contributed by atoms with Gasteiger partial charge in [0.15, 0.2) is 6.61 Å². The van der Waals surface area contributed by atoms with Crippen LogP contribution in [-0.2, 0) is 14.3 Å². The number of halogens is 1. The first-order chi connectivity index (χ1) is 14.7.